The first kappa shape index (κ1) is 26.0. The summed E-state index contributed by atoms with van der Waals surface area (Å²) in [5.41, 5.74) is 1.61. The second-order valence-corrected chi connectivity index (χ2v) is 10.6. The summed E-state index contributed by atoms with van der Waals surface area (Å²) in [5.74, 6) is -0.104. The molecular weight excluding hydrogens is 481 g/mol. The van der Waals surface area contributed by atoms with Gasteiger partial charge in [-0.25, -0.2) is 12.8 Å². The fraction of sp³-hybridized carbons (Fsp3) is 0.375. The summed E-state index contributed by atoms with van der Waals surface area (Å²) in [6.45, 7) is 5.88. The molecule has 1 heterocycles. The smallest absolute Gasteiger partial charge is 0.246 e. The number of methoxy groups -OCH3 is 1. The van der Waals surface area contributed by atoms with Gasteiger partial charge >= 0.3 is 0 Å². The van der Waals surface area contributed by atoms with Gasteiger partial charge in [-0.2, -0.15) is 0 Å². The molecule has 1 fully saturated rings. The van der Waals surface area contributed by atoms with E-state index in [1.54, 1.807) is 23.1 Å². The Hall–Kier alpha value is -2.62. The van der Waals surface area contributed by atoms with Gasteiger partial charge in [-0.05, 0) is 49.8 Å². The number of piperazine rings is 1. The van der Waals surface area contributed by atoms with Gasteiger partial charge in [0, 0.05) is 43.4 Å². The molecular formula is C24H29ClFN3O4S. The molecule has 0 unspecified atom stereocenters. The normalized spacial score (nSPS) is 19.4. The minimum absolute atomic E-state index is 0.0526. The maximum atomic E-state index is 13.2. The standard InChI is InChI=1S/C24H29ClFN3O4S/c1-16-14-29(17(2)13-28(16)15-18-5-7-19(26)8-6-18)23(30)12-9-20-21(27-34(4,31)32)10-11-22(33-3)24(20)25/h5-12,16-17,27H,13-15H2,1-4H3/b12-9+/t16-,17+/m0/s1. The molecule has 0 radical (unpaired) electrons. The van der Waals surface area contributed by atoms with Gasteiger partial charge in [0.25, 0.3) is 0 Å². The van der Waals surface area contributed by atoms with E-state index < -0.39 is 10.0 Å². The molecule has 0 aromatic heterocycles. The molecule has 184 valence electrons. The van der Waals surface area contributed by atoms with E-state index in [9.17, 15) is 17.6 Å². The summed E-state index contributed by atoms with van der Waals surface area (Å²) in [6, 6.07) is 9.58. The number of sulfonamides is 1. The topological polar surface area (TPSA) is 78.9 Å². The Bertz CT molecular complexity index is 1170. The van der Waals surface area contributed by atoms with E-state index in [4.69, 9.17) is 16.3 Å². The number of ether oxygens (including phenoxy) is 1. The van der Waals surface area contributed by atoms with Crippen LogP contribution < -0.4 is 9.46 Å². The minimum atomic E-state index is -3.55. The molecule has 3 rings (SSSR count). The molecule has 1 aliphatic heterocycles. The molecule has 1 N–H and O–H groups in total. The van der Waals surface area contributed by atoms with E-state index in [1.807, 2.05) is 13.8 Å². The van der Waals surface area contributed by atoms with E-state index in [2.05, 4.69) is 9.62 Å². The molecule has 0 aliphatic carbocycles. The predicted molar refractivity (Wildman–Crippen MR) is 133 cm³/mol. The summed E-state index contributed by atoms with van der Waals surface area (Å²) in [4.78, 5) is 17.1. The van der Waals surface area contributed by atoms with E-state index in [-0.39, 0.29) is 34.5 Å². The molecule has 2 atom stereocenters. The first-order chi connectivity index (χ1) is 16.0. The fourth-order valence-corrected chi connectivity index (χ4v) is 4.86. The molecule has 2 aromatic rings. The van der Waals surface area contributed by atoms with E-state index in [0.717, 1.165) is 11.8 Å². The third kappa shape index (κ3) is 6.49. The van der Waals surface area contributed by atoms with Crippen molar-refractivity contribution in [1.29, 1.82) is 0 Å². The van der Waals surface area contributed by atoms with Gasteiger partial charge < -0.3 is 9.64 Å². The van der Waals surface area contributed by atoms with Crippen molar-refractivity contribution in [1.82, 2.24) is 9.80 Å². The number of carbonyl (C=O) groups excluding carboxylic acids is 1. The zero-order valence-corrected chi connectivity index (χ0v) is 21.2. The highest BCUT2D eigenvalue weighted by Gasteiger charge is 2.31. The van der Waals surface area contributed by atoms with Crippen LogP contribution in [0.4, 0.5) is 10.1 Å². The van der Waals surface area contributed by atoms with Crippen molar-refractivity contribution in [3.8, 4) is 5.75 Å². The first-order valence-electron chi connectivity index (χ1n) is 10.8. The second-order valence-electron chi connectivity index (χ2n) is 8.50. The van der Waals surface area contributed by atoms with Crippen molar-refractivity contribution in [2.45, 2.75) is 32.5 Å². The van der Waals surface area contributed by atoms with Crippen LogP contribution in [0.15, 0.2) is 42.5 Å². The van der Waals surface area contributed by atoms with Crippen LogP contribution in [0.25, 0.3) is 6.08 Å². The van der Waals surface area contributed by atoms with Crippen LogP contribution in [-0.2, 0) is 21.4 Å². The Morgan fingerprint density at radius 2 is 1.85 bits per heavy atom. The molecule has 34 heavy (non-hydrogen) atoms. The molecule has 7 nitrogen and oxygen atoms in total. The van der Waals surface area contributed by atoms with Crippen LogP contribution in [0, 0.1) is 5.82 Å². The van der Waals surface area contributed by atoms with Crippen LogP contribution in [-0.4, -0.2) is 62.7 Å². The molecule has 2 aromatic carbocycles. The number of anilines is 1. The Kier molecular flexibility index (Phi) is 8.22. The zero-order chi connectivity index (χ0) is 25.0. The lowest BCUT2D eigenvalue weighted by Crippen LogP contribution is -2.57. The Labute approximate surface area is 205 Å². The van der Waals surface area contributed by atoms with E-state index in [1.165, 1.54) is 37.5 Å². The van der Waals surface area contributed by atoms with Crippen molar-refractivity contribution in [2.75, 3.05) is 31.2 Å². The van der Waals surface area contributed by atoms with Crippen molar-refractivity contribution >= 4 is 39.3 Å². The number of hydrogen-bond acceptors (Lipinski definition) is 5. The summed E-state index contributed by atoms with van der Waals surface area (Å²) < 4.78 is 44.4. The van der Waals surface area contributed by atoms with Gasteiger partial charge in [-0.3, -0.25) is 14.4 Å². The SMILES string of the molecule is COc1ccc(NS(C)(=O)=O)c(/C=C/C(=O)N2C[C@H](C)N(Cc3ccc(F)cc3)C[C@H]2C)c1Cl. The van der Waals surface area contributed by atoms with Gasteiger partial charge in [0.15, 0.2) is 0 Å². The zero-order valence-electron chi connectivity index (χ0n) is 19.6. The van der Waals surface area contributed by atoms with Gasteiger partial charge in [0.2, 0.25) is 15.9 Å². The van der Waals surface area contributed by atoms with Crippen molar-refractivity contribution in [3.63, 3.8) is 0 Å². The number of hydrogen-bond donors (Lipinski definition) is 1. The average Bonchev–Trinajstić information content (AvgIpc) is 2.76. The summed E-state index contributed by atoms with van der Waals surface area (Å²) in [6.07, 6.45) is 3.94. The molecule has 0 spiro atoms. The minimum Gasteiger partial charge on any atom is -0.495 e. The molecule has 10 heteroatoms. The van der Waals surface area contributed by atoms with Crippen LogP contribution in [0.5, 0.6) is 5.75 Å². The predicted octanol–water partition coefficient (Wildman–Crippen LogP) is 3.99. The van der Waals surface area contributed by atoms with Crippen LogP contribution >= 0.6 is 11.6 Å². The number of benzene rings is 2. The first-order valence-corrected chi connectivity index (χ1v) is 13.1. The quantitative estimate of drug-likeness (QED) is 0.571. The highest BCUT2D eigenvalue weighted by atomic mass is 35.5. The van der Waals surface area contributed by atoms with E-state index >= 15 is 0 Å². The van der Waals surface area contributed by atoms with Crippen LogP contribution in [0.1, 0.15) is 25.0 Å². The Morgan fingerprint density at radius 1 is 1.18 bits per heavy atom. The number of rotatable bonds is 7. The van der Waals surface area contributed by atoms with Gasteiger partial charge in [0.1, 0.15) is 11.6 Å². The Balaban J connectivity index is 1.75. The molecule has 0 bridgehead atoms. The number of amides is 1. The van der Waals surface area contributed by atoms with E-state index in [0.29, 0.717) is 30.9 Å². The maximum absolute atomic E-state index is 13.2. The Morgan fingerprint density at radius 3 is 2.47 bits per heavy atom. The van der Waals surface area contributed by atoms with Gasteiger partial charge in [0.05, 0.1) is 24.1 Å². The average molecular weight is 510 g/mol. The van der Waals surface area contributed by atoms with Crippen molar-refractivity contribution in [3.05, 3.63) is 64.4 Å². The maximum Gasteiger partial charge on any atom is 0.246 e. The molecule has 1 saturated heterocycles. The number of carbonyl (C=O) groups is 1. The van der Waals surface area contributed by atoms with Gasteiger partial charge in [-0.15, -0.1) is 0 Å². The van der Waals surface area contributed by atoms with Gasteiger partial charge in [-0.1, -0.05) is 23.7 Å². The lowest BCUT2D eigenvalue weighted by Gasteiger charge is -2.44. The highest BCUT2D eigenvalue weighted by molar-refractivity contribution is 7.92. The van der Waals surface area contributed by atoms with Crippen molar-refractivity contribution in [2.24, 2.45) is 0 Å². The van der Waals surface area contributed by atoms with Crippen molar-refractivity contribution < 1.29 is 22.3 Å². The third-order valence-electron chi connectivity index (χ3n) is 5.75. The molecule has 1 amide bonds. The second kappa shape index (κ2) is 10.8. The summed E-state index contributed by atoms with van der Waals surface area (Å²) >= 11 is 6.40. The summed E-state index contributed by atoms with van der Waals surface area (Å²) in [5, 5.41) is 0.200. The van der Waals surface area contributed by atoms with Crippen LogP contribution in [0.3, 0.4) is 0 Å². The summed E-state index contributed by atoms with van der Waals surface area (Å²) in [7, 11) is -2.09. The number of nitrogens with one attached hydrogen (secondary N) is 1. The molecule has 1 aliphatic rings. The van der Waals surface area contributed by atoms with Crippen LogP contribution in [0.2, 0.25) is 5.02 Å². The third-order valence-corrected chi connectivity index (χ3v) is 6.73. The monoisotopic (exact) mass is 509 g/mol. The lowest BCUT2D eigenvalue weighted by atomic mass is 10.1. The number of halogens is 2. The highest BCUT2D eigenvalue weighted by Crippen LogP contribution is 2.35. The number of nitrogens with zero attached hydrogens (tertiary/aromatic N) is 2. The fourth-order valence-electron chi connectivity index (χ4n) is 3.98. The molecule has 0 saturated carbocycles. The largest absolute Gasteiger partial charge is 0.495 e. The lowest BCUT2D eigenvalue weighted by molar-refractivity contribution is -0.131.